The van der Waals surface area contributed by atoms with Crippen LogP contribution in [0.3, 0.4) is 0 Å². The van der Waals surface area contributed by atoms with Gasteiger partial charge in [0, 0.05) is 5.69 Å². The van der Waals surface area contributed by atoms with E-state index < -0.39 is 0 Å². The van der Waals surface area contributed by atoms with Gasteiger partial charge >= 0.3 is 0 Å². The zero-order valence-corrected chi connectivity index (χ0v) is 12.8. The summed E-state index contributed by atoms with van der Waals surface area (Å²) in [5.74, 6) is 0.956. The van der Waals surface area contributed by atoms with E-state index in [0.717, 1.165) is 22.5 Å². The molecule has 0 fully saturated rings. The highest BCUT2D eigenvalue weighted by molar-refractivity contribution is 6.33. The van der Waals surface area contributed by atoms with E-state index in [4.69, 9.17) is 4.98 Å². The van der Waals surface area contributed by atoms with E-state index in [1.807, 2.05) is 6.07 Å². The van der Waals surface area contributed by atoms with Gasteiger partial charge in [-0.15, -0.1) is 0 Å². The fourth-order valence-corrected chi connectivity index (χ4v) is 3.34. The standard InChI is InChI=1S/C19H14BN3/c20-13-10-11-15-18(12-13)23-17-9-5-4-8-16(17)22(19(23)21-15)14-6-2-1-3-7-14/h1-12H,20H2. The highest BCUT2D eigenvalue weighted by Crippen LogP contribution is 2.28. The summed E-state index contributed by atoms with van der Waals surface area (Å²) in [6, 6.07) is 25.3. The molecule has 108 valence electrons. The van der Waals surface area contributed by atoms with Crippen LogP contribution in [0.4, 0.5) is 0 Å². The van der Waals surface area contributed by atoms with Crippen LogP contribution < -0.4 is 5.46 Å². The Bertz CT molecular complexity index is 1170. The fraction of sp³-hybridized carbons (Fsp3) is 0. The van der Waals surface area contributed by atoms with Crippen molar-refractivity contribution in [1.82, 2.24) is 14.0 Å². The van der Waals surface area contributed by atoms with E-state index in [2.05, 4.69) is 83.5 Å². The average Bonchev–Trinajstić information content (AvgIpc) is 3.10. The van der Waals surface area contributed by atoms with Crippen LogP contribution in [0.1, 0.15) is 0 Å². The summed E-state index contributed by atoms with van der Waals surface area (Å²) in [4.78, 5) is 4.90. The largest absolute Gasteiger partial charge is 0.278 e. The Morgan fingerprint density at radius 3 is 2.30 bits per heavy atom. The Morgan fingerprint density at radius 1 is 0.739 bits per heavy atom. The number of para-hydroxylation sites is 3. The van der Waals surface area contributed by atoms with Crippen LogP contribution in [0.5, 0.6) is 0 Å². The van der Waals surface area contributed by atoms with Crippen LogP contribution in [0.15, 0.2) is 72.8 Å². The van der Waals surface area contributed by atoms with Crippen molar-refractivity contribution in [2.45, 2.75) is 0 Å². The molecule has 5 aromatic rings. The van der Waals surface area contributed by atoms with Gasteiger partial charge in [0.1, 0.15) is 7.85 Å². The van der Waals surface area contributed by atoms with E-state index in [1.54, 1.807) is 0 Å². The van der Waals surface area contributed by atoms with Gasteiger partial charge in [-0.3, -0.25) is 8.97 Å². The van der Waals surface area contributed by atoms with E-state index in [1.165, 1.54) is 16.5 Å². The van der Waals surface area contributed by atoms with Crippen molar-refractivity contribution in [2.24, 2.45) is 0 Å². The van der Waals surface area contributed by atoms with Crippen LogP contribution in [-0.2, 0) is 0 Å². The zero-order valence-electron chi connectivity index (χ0n) is 12.8. The smallest absolute Gasteiger partial charge is 0.220 e. The van der Waals surface area contributed by atoms with Gasteiger partial charge in [0.15, 0.2) is 0 Å². The van der Waals surface area contributed by atoms with Crippen molar-refractivity contribution < 1.29 is 0 Å². The zero-order chi connectivity index (χ0) is 15.4. The number of fused-ring (bicyclic) bond motifs is 5. The Kier molecular flexibility index (Phi) is 2.45. The number of rotatable bonds is 1. The van der Waals surface area contributed by atoms with Gasteiger partial charge in [-0.1, -0.05) is 41.9 Å². The lowest BCUT2D eigenvalue weighted by atomic mass is 9.96. The molecule has 23 heavy (non-hydrogen) atoms. The first-order chi connectivity index (χ1) is 11.3. The number of imidazole rings is 2. The highest BCUT2D eigenvalue weighted by Gasteiger charge is 2.16. The van der Waals surface area contributed by atoms with E-state index >= 15 is 0 Å². The van der Waals surface area contributed by atoms with E-state index in [9.17, 15) is 0 Å². The molecule has 0 aliphatic rings. The van der Waals surface area contributed by atoms with Crippen LogP contribution in [0.25, 0.3) is 33.5 Å². The third kappa shape index (κ3) is 1.69. The van der Waals surface area contributed by atoms with Crippen LogP contribution >= 0.6 is 0 Å². The van der Waals surface area contributed by atoms with Crippen molar-refractivity contribution in [1.29, 1.82) is 0 Å². The average molecular weight is 295 g/mol. The number of benzene rings is 3. The Labute approximate surface area is 134 Å². The van der Waals surface area contributed by atoms with Gasteiger partial charge in [-0.05, 0) is 36.4 Å². The summed E-state index contributed by atoms with van der Waals surface area (Å²) in [6.07, 6.45) is 0. The number of aromatic nitrogens is 3. The van der Waals surface area contributed by atoms with Crippen molar-refractivity contribution in [3.05, 3.63) is 72.8 Å². The monoisotopic (exact) mass is 295 g/mol. The minimum Gasteiger partial charge on any atom is -0.278 e. The molecule has 3 aromatic carbocycles. The number of hydrogen-bond acceptors (Lipinski definition) is 1. The topological polar surface area (TPSA) is 22.2 Å². The van der Waals surface area contributed by atoms with Gasteiger partial charge in [0.25, 0.3) is 0 Å². The molecule has 0 aliphatic carbocycles. The quantitative estimate of drug-likeness (QED) is 0.436. The van der Waals surface area contributed by atoms with Crippen LogP contribution in [0.2, 0.25) is 0 Å². The molecule has 2 heterocycles. The van der Waals surface area contributed by atoms with Crippen molar-refractivity contribution in [3.63, 3.8) is 0 Å². The molecule has 5 rings (SSSR count). The Hall–Kier alpha value is -3.01. The molecule has 0 unspecified atom stereocenters. The molecule has 3 nitrogen and oxygen atoms in total. The lowest BCUT2D eigenvalue weighted by molar-refractivity contribution is 1.11. The van der Waals surface area contributed by atoms with Crippen LogP contribution in [0, 0.1) is 0 Å². The summed E-state index contributed by atoms with van der Waals surface area (Å²) < 4.78 is 4.48. The van der Waals surface area contributed by atoms with Gasteiger partial charge in [0.2, 0.25) is 5.78 Å². The second-order valence-corrected chi connectivity index (χ2v) is 5.90. The predicted octanol–water partition coefficient (Wildman–Crippen LogP) is 2.69. The molecule has 0 N–H and O–H groups in total. The van der Waals surface area contributed by atoms with E-state index in [-0.39, 0.29) is 0 Å². The summed E-state index contributed by atoms with van der Waals surface area (Å²) in [6.45, 7) is 0. The maximum absolute atomic E-state index is 4.90. The first kappa shape index (κ1) is 12.5. The highest BCUT2D eigenvalue weighted by atomic mass is 15.2. The first-order valence-electron chi connectivity index (χ1n) is 7.76. The molecular weight excluding hydrogens is 281 g/mol. The molecule has 0 spiro atoms. The lowest BCUT2D eigenvalue weighted by Crippen LogP contribution is -2.00. The van der Waals surface area contributed by atoms with Gasteiger partial charge < -0.3 is 0 Å². The molecule has 4 heteroatoms. The van der Waals surface area contributed by atoms with Gasteiger partial charge in [0.05, 0.1) is 22.1 Å². The summed E-state index contributed by atoms with van der Waals surface area (Å²) >= 11 is 0. The third-order valence-corrected chi connectivity index (χ3v) is 4.37. The van der Waals surface area contributed by atoms with Crippen molar-refractivity contribution in [2.75, 3.05) is 0 Å². The molecule has 2 aromatic heterocycles. The Morgan fingerprint density at radius 2 is 1.48 bits per heavy atom. The SMILES string of the molecule is Bc1ccc2nc3n(-c4ccccc4)c4ccccc4n3c2c1. The lowest BCUT2D eigenvalue weighted by Gasteiger charge is -2.04. The molecule has 0 amide bonds. The fourth-order valence-electron chi connectivity index (χ4n) is 3.34. The predicted molar refractivity (Wildman–Crippen MR) is 97.7 cm³/mol. The van der Waals surface area contributed by atoms with Crippen LogP contribution in [-0.4, -0.2) is 21.8 Å². The molecule has 0 atom stereocenters. The first-order valence-corrected chi connectivity index (χ1v) is 7.76. The Balaban J connectivity index is 2.05. The summed E-state index contributed by atoms with van der Waals surface area (Å²) in [5.41, 5.74) is 6.91. The minimum atomic E-state index is 0.956. The third-order valence-electron chi connectivity index (χ3n) is 4.37. The van der Waals surface area contributed by atoms with Crippen molar-refractivity contribution >= 4 is 41.2 Å². The number of nitrogens with zero attached hydrogens (tertiary/aromatic N) is 3. The van der Waals surface area contributed by atoms with E-state index in [0.29, 0.717) is 0 Å². The maximum Gasteiger partial charge on any atom is 0.220 e. The second-order valence-electron chi connectivity index (χ2n) is 5.90. The summed E-state index contributed by atoms with van der Waals surface area (Å²) in [5, 5.41) is 0. The maximum atomic E-state index is 4.90. The second kappa shape index (κ2) is 4.49. The summed E-state index contributed by atoms with van der Waals surface area (Å²) in [7, 11) is 2.12. The molecular formula is C19H14BN3. The molecule has 0 radical (unpaired) electrons. The molecule has 0 saturated heterocycles. The molecule has 0 bridgehead atoms. The normalized spacial score (nSPS) is 11.7. The van der Waals surface area contributed by atoms with Crippen molar-refractivity contribution in [3.8, 4) is 5.69 Å². The minimum absolute atomic E-state index is 0.956. The molecule has 0 aliphatic heterocycles. The number of hydrogen-bond donors (Lipinski definition) is 0. The molecule has 0 saturated carbocycles. The van der Waals surface area contributed by atoms with Gasteiger partial charge in [-0.25, -0.2) is 4.98 Å². The van der Waals surface area contributed by atoms with Gasteiger partial charge in [-0.2, -0.15) is 0 Å².